The van der Waals surface area contributed by atoms with Crippen LogP contribution in [0.4, 0.5) is 5.69 Å². The fraction of sp³-hybridized carbons (Fsp3) is 0.200. The number of aryl methyl sites for hydroxylation is 1. The van der Waals surface area contributed by atoms with Crippen molar-refractivity contribution in [2.45, 2.75) is 18.6 Å². The van der Waals surface area contributed by atoms with E-state index in [1.54, 1.807) is 35.9 Å². The standard InChI is InChI=1S/C20H18Cl3N5O2S/c1-11-3-5-13(8-15(11)22)25-18(29)10-31-20-27-26-17(28(20)2)9-24-19(30)12-4-6-14(21)16(23)7-12/h3-8H,9-10H2,1-2H3,(H,24,30)(H,25,29). The first-order valence-corrected chi connectivity index (χ1v) is 11.2. The maximum Gasteiger partial charge on any atom is 0.251 e. The van der Waals surface area contributed by atoms with Crippen molar-refractivity contribution >= 4 is 64.1 Å². The van der Waals surface area contributed by atoms with Crippen molar-refractivity contribution in [2.24, 2.45) is 7.05 Å². The third-order valence-corrected chi connectivity index (χ3v) is 6.47. The van der Waals surface area contributed by atoms with Crippen LogP contribution in [0.1, 0.15) is 21.7 Å². The first-order valence-electron chi connectivity index (χ1n) is 9.05. The van der Waals surface area contributed by atoms with Crippen molar-refractivity contribution in [3.63, 3.8) is 0 Å². The molecule has 0 atom stereocenters. The lowest BCUT2D eigenvalue weighted by atomic mass is 10.2. The Bertz CT molecular complexity index is 1140. The monoisotopic (exact) mass is 497 g/mol. The molecule has 0 fully saturated rings. The number of anilines is 1. The first-order chi connectivity index (χ1) is 14.7. The molecule has 0 aliphatic heterocycles. The minimum absolute atomic E-state index is 0.146. The molecule has 7 nitrogen and oxygen atoms in total. The molecular formula is C20H18Cl3N5O2S. The molecule has 0 spiro atoms. The van der Waals surface area contributed by atoms with Gasteiger partial charge >= 0.3 is 0 Å². The van der Waals surface area contributed by atoms with E-state index in [1.807, 2.05) is 13.0 Å². The van der Waals surface area contributed by atoms with Crippen molar-refractivity contribution in [3.8, 4) is 0 Å². The molecule has 31 heavy (non-hydrogen) atoms. The van der Waals surface area contributed by atoms with Crippen LogP contribution in [0, 0.1) is 6.92 Å². The number of nitrogens with one attached hydrogen (secondary N) is 2. The fourth-order valence-corrected chi connectivity index (χ4v) is 3.73. The second-order valence-electron chi connectivity index (χ2n) is 6.57. The van der Waals surface area contributed by atoms with Gasteiger partial charge in [0.1, 0.15) is 0 Å². The Labute approximate surface area is 198 Å². The molecule has 0 saturated carbocycles. The zero-order chi connectivity index (χ0) is 22.5. The smallest absolute Gasteiger partial charge is 0.251 e. The van der Waals surface area contributed by atoms with E-state index >= 15 is 0 Å². The number of hydrogen-bond donors (Lipinski definition) is 2. The number of carbonyl (C=O) groups excluding carboxylic acids is 2. The molecule has 2 amide bonds. The molecule has 162 valence electrons. The van der Waals surface area contributed by atoms with Gasteiger partial charge in [-0.15, -0.1) is 10.2 Å². The Kier molecular flexibility index (Phi) is 7.83. The lowest BCUT2D eigenvalue weighted by Gasteiger charge is -2.08. The summed E-state index contributed by atoms with van der Waals surface area (Å²) < 4.78 is 1.72. The second-order valence-corrected chi connectivity index (χ2v) is 8.73. The molecule has 0 aliphatic carbocycles. The van der Waals surface area contributed by atoms with Gasteiger partial charge in [0.15, 0.2) is 11.0 Å². The van der Waals surface area contributed by atoms with Gasteiger partial charge < -0.3 is 15.2 Å². The summed E-state index contributed by atoms with van der Waals surface area (Å²) in [5.41, 5.74) is 1.95. The third-order valence-electron chi connectivity index (χ3n) is 4.30. The van der Waals surface area contributed by atoms with Crippen LogP contribution in [0.5, 0.6) is 0 Å². The number of rotatable bonds is 7. The molecule has 1 heterocycles. The van der Waals surface area contributed by atoms with E-state index in [0.717, 1.165) is 5.56 Å². The van der Waals surface area contributed by atoms with Crippen LogP contribution in [0.25, 0.3) is 0 Å². The summed E-state index contributed by atoms with van der Waals surface area (Å²) in [5, 5.41) is 15.5. The van der Waals surface area contributed by atoms with Gasteiger partial charge in [-0.25, -0.2) is 0 Å². The highest BCUT2D eigenvalue weighted by Crippen LogP contribution is 2.23. The molecule has 0 bridgehead atoms. The Hall–Kier alpha value is -2.26. The van der Waals surface area contributed by atoms with Gasteiger partial charge in [-0.05, 0) is 42.8 Å². The van der Waals surface area contributed by atoms with E-state index in [4.69, 9.17) is 34.8 Å². The SMILES string of the molecule is Cc1ccc(NC(=O)CSc2nnc(CNC(=O)c3ccc(Cl)c(Cl)c3)n2C)cc1Cl. The van der Waals surface area contributed by atoms with Gasteiger partial charge in [0, 0.05) is 23.3 Å². The van der Waals surface area contributed by atoms with E-state index in [0.29, 0.717) is 37.3 Å². The predicted molar refractivity (Wildman–Crippen MR) is 124 cm³/mol. The molecule has 0 saturated heterocycles. The van der Waals surface area contributed by atoms with Gasteiger partial charge in [0.25, 0.3) is 5.91 Å². The number of hydrogen-bond acceptors (Lipinski definition) is 5. The third kappa shape index (κ3) is 6.13. The quantitative estimate of drug-likeness (QED) is 0.459. The average Bonchev–Trinajstić information content (AvgIpc) is 3.09. The summed E-state index contributed by atoms with van der Waals surface area (Å²) in [5.74, 6) is 0.184. The van der Waals surface area contributed by atoms with Crippen LogP contribution in [0.15, 0.2) is 41.6 Å². The predicted octanol–water partition coefficient (Wildman–Crippen LogP) is 4.74. The van der Waals surface area contributed by atoms with Crippen LogP contribution in [0.3, 0.4) is 0 Å². The van der Waals surface area contributed by atoms with Crippen LogP contribution >= 0.6 is 46.6 Å². The summed E-state index contributed by atoms with van der Waals surface area (Å²) in [4.78, 5) is 24.5. The largest absolute Gasteiger partial charge is 0.345 e. The number of carbonyl (C=O) groups is 2. The van der Waals surface area contributed by atoms with E-state index < -0.39 is 0 Å². The molecule has 2 aromatic carbocycles. The lowest BCUT2D eigenvalue weighted by Crippen LogP contribution is -2.24. The van der Waals surface area contributed by atoms with Gasteiger partial charge in [-0.2, -0.15) is 0 Å². The molecule has 3 rings (SSSR count). The van der Waals surface area contributed by atoms with Gasteiger partial charge in [0.2, 0.25) is 5.91 Å². The summed E-state index contributed by atoms with van der Waals surface area (Å²) in [7, 11) is 1.76. The molecule has 2 N–H and O–H groups in total. The molecule has 11 heteroatoms. The number of halogens is 3. The maximum atomic E-state index is 12.3. The van der Waals surface area contributed by atoms with Gasteiger partial charge in [0.05, 0.1) is 22.3 Å². The zero-order valence-corrected chi connectivity index (χ0v) is 19.7. The van der Waals surface area contributed by atoms with Crippen molar-refractivity contribution in [1.82, 2.24) is 20.1 Å². The normalized spacial score (nSPS) is 10.7. The number of thioether (sulfide) groups is 1. The molecule has 0 unspecified atom stereocenters. The van der Waals surface area contributed by atoms with Crippen LogP contribution in [0.2, 0.25) is 15.1 Å². The van der Waals surface area contributed by atoms with Crippen molar-refractivity contribution in [1.29, 1.82) is 0 Å². The first kappa shape index (κ1) is 23.4. The van der Waals surface area contributed by atoms with Crippen LogP contribution in [-0.2, 0) is 18.4 Å². The summed E-state index contributed by atoms with van der Waals surface area (Å²) in [6.45, 7) is 2.06. The minimum Gasteiger partial charge on any atom is -0.345 e. The van der Waals surface area contributed by atoms with E-state index in [9.17, 15) is 9.59 Å². The number of benzene rings is 2. The highest BCUT2D eigenvalue weighted by molar-refractivity contribution is 7.99. The van der Waals surface area contributed by atoms with Crippen molar-refractivity contribution in [3.05, 3.63) is 68.4 Å². The highest BCUT2D eigenvalue weighted by Gasteiger charge is 2.14. The molecule has 3 aromatic rings. The van der Waals surface area contributed by atoms with Crippen LogP contribution < -0.4 is 10.6 Å². The average molecular weight is 499 g/mol. The molecular weight excluding hydrogens is 481 g/mol. The van der Waals surface area contributed by atoms with E-state index in [1.165, 1.54) is 17.8 Å². The van der Waals surface area contributed by atoms with Gasteiger partial charge in [-0.3, -0.25) is 9.59 Å². The second kappa shape index (κ2) is 10.4. The molecule has 0 aliphatic rings. The summed E-state index contributed by atoms with van der Waals surface area (Å²) in [6, 6.07) is 9.98. The summed E-state index contributed by atoms with van der Waals surface area (Å²) >= 11 is 19.1. The Morgan fingerprint density at radius 2 is 1.81 bits per heavy atom. The van der Waals surface area contributed by atoms with Crippen molar-refractivity contribution in [2.75, 3.05) is 11.1 Å². The van der Waals surface area contributed by atoms with Crippen molar-refractivity contribution < 1.29 is 9.59 Å². The van der Waals surface area contributed by atoms with Gasteiger partial charge in [-0.1, -0.05) is 52.6 Å². The topological polar surface area (TPSA) is 88.9 Å². The lowest BCUT2D eigenvalue weighted by molar-refractivity contribution is -0.113. The summed E-state index contributed by atoms with van der Waals surface area (Å²) in [6.07, 6.45) is 0. The van der Waals surface area contributed by atoms with E-state index in [2.05, 4.69) is 20.8 Å². The number of nitrogens with zero attached hydrogens (tertiary/aromatic N) is 3. The molecule has 1 aromatic heterocycles. The van der Waals surface area contributed by atoms with Crippen LogP contribution in [-0.4, -0.2) is 32.3 Å². The Balaban J connectivity index is 1.53. The maximum absolute atomic E-state index is 12.3. The highest BCUT2D eigenvalue weighted by atomic mass is 35.5. The Morgan fingerprint density at radius 3 is 2.52 bits per heavy atom. The minimum atomic E-state index is -0.313. The number of amides is 2. The zero-order valence-electron chi connectivity index (χ0n) is 16.6. The molecule has 0 radical (unpaired) electrons. The van der Waals surface area contributed by atoms with E-state index in [-0.39, 0.29) is 24.1 Å². The Morgan fingerprint density at radius 1 is 1.03 bits per heavy atom. The fourth-order valence-electron chi connectivity index (χ4n) is 2.52. The number of aromatic nitrogens is 3.